The minimum atomic E-state index is 0.736. The molecule has 0 N–H and O–H groups in total. The molecule has 0 saturated heterocycles. The second-order valence-electron chi connectivity index (χ2n) is 7.46. The summed E-state index contributed by atoms with van der Waals surface area (Å²) in [5.41, 5.74) is 2.74. The highest BCUT2D eigenvalue weighted by atomic mass is 16.5. The summed E-state index contributed by atoms with van der Waals surface area (Å²) in [6, 6.07) is 6.76. The second kappa shape index (κ2) is 14.0. The van der Waals surface area contributed by atoms with Gasteiger partial charge in [-0.3, -0.25) is 0 Å². The number of allylic oxidation sites excluding steroid dienone is 1. The molecular formula is C24H40O. The molecule has 1 atom stereocenters. The van der Waals surface area contributed by atoms with Gasteiger partial charge >= 0.3 is 0 Å². The van der Waals surface area contributed by atoms with Crippen LogP contribution in [0.1, 0.15) is 89.7 Å². The van der Waals surface area contributed by atoms with Crippen LogP contribution in [0.5, 0.6) is 5.75 Å². The van der Waals surface area contributed by atoms with Crippen LogP contribution < -0.4 is 4.74 Å². The second-order valence-corrected chi connectivity index (χ2v) is 7.46. The summed E-state index contributed by atoms with van der Waals surface area (Å²) >= 11 is 0. The van der Waals surface area contributed by atoms with Crippen molar-refractivity contribution < 1.29 is 4.74 Å². The summed E-state index contributed by atoms with van der Waals surface area (Å²) in [5, 5.41) is 0. The smallest absolute Gasteiger partial charge is 0.122 e. The number of hydrogen-bond donors (Lipinski definition) is 0. The molecule has 0 spiro atoms. The molecular weight excluding hydrogens is 304 g/mol. The lowest BCUT2D eigenvalue weighted by Crippen LogP contribution is -2.05. The maximum atomic E-state index is 6.05. The minimum Gasteiger partial charge on any atom is -0.493 e. The highest BCUT2D eigenvalue weighted by Gasteiger charge is 2.06. The molecule has 0 amide bonds. The van der Waals surface area contributed by atoms with Crippen LogP contribution in [-0.4, -0.2) is 6.61 Å². The largest absolute Gasteiger partial charge is 0.493 e. The molecule has 0 aromatic heterocycles. The molecule has 0 saturated carbocycles. The molecule has 0 aliphatic heterocycles. The van der Waals surface area contributed by atoms with Crippen molar-refractivity contribution in [2.24, 2.45) is 5.92 Å². The van der Waals surface area contributed by atoms with Gasteiger partial charge in [0.05, 0.1) is 6.61 Å². The van der Waals surface area contributed by atoms with Crippen molar-refractivity contribution in [3.63, 3.8) is 0 Å². The quantitative estimate of drug-likeness (QED) is 0.236. The van der Waals surface area contributed by atoms with Crippen molar-refractivity contribution >= 4 is 0 Å². The van der Waals surface area contributed by atoms with E-state index in [0.717, 1.165) is 31.1 Å². The molecule has 0 aliphatic rings. The summed E-state index contributed by atoms with van der Waals surface area (Å²) in [4.78, 5) is 0. The van der Waals surface area contributed by atoms with Crippen LogP contribution in [0.15, 0.2) is 30.9 Å². The summed E-state index contributed by atoms with van der Waals surface area (Å²) in [6.07, 6.45) is 16.0. The third-order valence-electron chi connectivity index (χ3n) is 5.12. The van der Waals surface area contributed by atoms with E-state index in [1.807, 2.05) is 6.08 Å². The molecule has 1 aromatic carbocycles. The lowest BCUT2D eigenvalue weighted by atomic mass is 10.0. The fraction of sp³-hybridized carbons (Fsp3) is 0.667. The average Bonchev–Trinajstić information content (AvgIpc) is 2.62. The Bertz CT molecular complexity index is 463. The van der Waals surface area contributed by atoms with Gasteiger partial charge in [-0.2, -0.15) is 0 Å². The Morgan fingerprint density at radius 2 is 1.76 bits per heavy atom. The van der Waals surface area contributed by atoms with E-state index < -0.39 is 0 Å². The maximum Gasteiger partial charge on any atom is 0.122 e. The number of rotatable bonds is 15. The van der Waals surface area contributed by atoms with Crippen molar-refractivity contribution in [1.82, 2.24) is 0 Å². The molecule has 1 rings (SSSR count). The van der Waals surface area contributed by atoms with Crippen LogP contribution in [0.2, 0.25) is 0 Å². The van der Waals surface area contributed by atoms with E-state index in [0.29, 0.717) is 0 Å². The van der Waals surface area contributed by atoms with Crippen molar-refractivity contribution in [3.05, 3.63) is 42.0 Å². The monoisotopic (exact) mass is 344 g/mol. The van der Waals surface area contributed by atoms with Crippen molar-refractivity contribution in [1.29, 1.82) is 0 Å². The first-order chi connectivity index (χ1) is 12.2. The molecule has 0 heterocycles. The van der Waals surface area contributed by atoms with Crippen LogP contribution >= 0.6 is 0 Å². The Labute approximate surface area is 156 Å². The van der Waals surface area contributed by atoms with Crippen molar-refractivity contribution in [3.8, 4) is 5.75 Å². The summed E-state index contributed by atoms with van der Waals surface area (Å²) in [6.45, 7) is 11.5. The standard InChI is InChI=1S/C24H40O/c1-5-8-9-10-11-12-13-15-22-16-17-24(23(20-22)14-6-2)25-19-18-21(4)7-3/h6,16-17,20-21H,2,5,7-15,18-19H2,1,3-4H3. The number of aryl methyl sites for hydroxylation is 1. The number of benzene rings is 1. The Morgan fingerprint density at radius 1 is 1.04 bits per heavy atom. The first-order valence-corrected chi connectivity index (χ1v) is 10.6. The van der Waals surface area contributed by atoms with E-state index in [1.54, 1.807) is 0 Å². The van der Waals surface area contributed by atoms with Crippen LogP contribution in [0.3, 0.4) is 0 Å². The third-order valence-corrected chi connectivity index (χ3v) is 5.12. The SMILES string of the molecule is C=CCc1cc(CCCCCCCCC)ccc1OCCC(C)CC. The molecule has 25 heavy (non-hydrogen) atoms. The summed E-state index contributed by atoms with van der Waals surface area (Å²) < 4.78 is 6.05. The van der Waals surface area contributed by atoms with E-state index in [2.05, 4.69) is 45.5 Å². The number of ether oxygens (including phenoxy) is 1. The molecule has 1 unspecified atom stereocenters. The highest BCUT2D eigenvalue weighted by molar-refractivity contribution is 5.38. The van der Waals surface area contributed by atoms with Crippen LogP contribution in [-0.2, 0) is 12.8 Å². The van der Waals surface area contributed by atoms with Crippen LogP contribution in [0, 0.1) is 5.92 Å². The zero-order valence-corrected chi connectivity index (χ0v) is 17.0. The van der Waals surface area contributed by atoms with Crippen molar-refractivity contribution in [2.45, 2.75) is 91.4 Å². The first-order valence-electron chi connectivity index (χ1n) is 10.6. The summed E-state index contributed by atoms with van der Waals surface area (Å²) in [7, 11) is 0. The van der Waals surface area contributed by atoms with Gasteiger partial charge in [-0.1, -0.05) is 83.9 Å². The maximum absolute atomic E-state index is 6.05. The van der Waals surface area contributed by atoms with Gasteiger partial charge < -0.3 is 4.74 Å². The normalized spacial score (nSPS) is 12.1. The average molecular weight is 345 g/mol. The third kappa shape index (κ3) is 9.72. The zero-order valence-electron chi connectivity index (χ0n) is 17.0. The van der Waals surface area contributed by atoms with E-state index in [4.69, 9.17) is 4.74 Å². The lowest BCUT2D eigenvalue weighted by molar-refractivity contribution is 0.279. The lowest BCUT2D eigenvalue weighted by Gasteiger charge is -2.14. The van der Waals surface area contributed by atoms with Gasteiger partial charge in [0.25, 0.3) is 0 Å². The predicted molar refractivity (Wildman–Crippen MR) is 112 cm³/mol. The Morgan fingerprint density at radius 3 is 2.44 bits per heavy atom. The zero-order chi connectivity index (χ0) is 18.3. The van der Waals surface area contributed by atoms with E-state index >= 15 is 0 Å². The molecule has 1 heteroatoms. The molecule has 1 aromatic rings. The van der Waals surface area contributed by atoms with E-state index in [-0.39, 0.29) is 0 Å². The molecule has 0 aliphatic carbocycles. The van der Waals surface area contributed by atoms with Crippen LogP contribution in [0.4, 0.5) is 0 Å². The first kappa shape index (κ1) is 21.8. The molecule has 0 fully saturated rings. The number of unbranched alkanes of at least 4 members (excludes halogenated alkanes) is 6. The Hall–Kier alpha value is -1.24. The molecule has 142 valence electrons. The highest BCUT2D eigenvalue weighted by Crippen LogP contribution is 2.23. The van der Waals surface area contributed by atoms with Gasteiger partial charge in [0.2, 0.25) is 0 Å². The van der Waals surface area contributed by atoms with Gasteiger partial charge in [-0.25, -0.2) is 0 Å². The Balaban J connectivity index is 2.42. The Kier molecular flexibility index (Phi) is 12.2. The van der Waals surface area contributed by atoms with Gasteiger partial charge in [0.1, 0.15) is 5.75 Å². The molecule has 0 radical (unpaired) electrons. The predicted octanol–water partition coefficient (Wildman–Crippen LogP) is 7.52. The summed E-state index contributed by atoms with van der Waals surface area (Å²) in [5.74, 6) is 1.78. The molecule has 1 nitrogen and oxygen atoms in total. The van der Waals surface area contributed by atoms with E-state index in [1.165, 1.54) is 68.9 Å². The van der Waals surface area contributed by atoms with Gasteiger partial charge in [-0.05, 0) is 48.8 Å². The fourth-order valence-electron chi connectivity index (χ4n) is 3.10. The van der Waals surface area contributed by atoms with Crippen molar-refractivity contribution in [2.75, 3.05) is 6.61 Å². The van der Waals surface area contributed by atoms with E-state index in [9.17, 15) is 0 Å². The topological polar surface area (TPSA) is 9.23 Å². The molecule has 0 bridgehead atoms. The van der Waals surface area contributed by atoms with Crippen LogP contribution in [0.25, 0.3) is 0 Å². The van der Waals surface area contributed by atoms with Gasteiger partial charge in [0, 0.05) is 0 Å². The van der Waals surface area contributed by atoms with Gasteiger partial charge in [-0.15, -0.1) is 6.58 Å². The number of hydrogen-bond acceptors (Lipinski definition) is 1. The fourth-order valence-corrected chi connectivity index (χ4v) is 3.10. The van der Waals surface area contributed by atoms with Gasteiger partial charge in [0.15, 0.2) is 0 Å². The minimum absolute atomic E-state index is 0.736.